The Balaban J connectivity index is 1.66. The number of hydrogen-bond donors (Lipinski definition) is 1. The third kappa shape index (κ3) is 7.04. The maximum absolute atomic E-state index is 12.2. The van der Waals surface area contributed by atoms with Gasteiger partial charge in [-0.3, -0.25) is 9.59 Å². The molecule has 6 nitrogen and oxygen atoms in total. The van der Waals surface area contributed by atoms with Crippen LogP contribution in [0.1, 0.15) is 45.4 Å². The average molecular weight is 374 g/mol. The van der Waals surface area contributed by atoms with Crippen LogP contribution in [0.15, 0.2) is 36.0 Å². The van der Waals surface area contributed by atoms with Crippen LogP contribution in [0, 0.1) is 5.92 Å². The minimum Gasteiger partial charge on any atom is -0.462 e. The van der Waals surface area contributed by atoms with Crippen molar-refractivity contribution in [2.75, 3.05) is 19.7 Å². The van der Waals surface area contributed by atoms with Gasteiger partial charge in [0, 0.05) is 18.7 Å². The Bertz CT molecular complexity index is 620. The molecule has 0 bridgehead atoms. The monoisotopic (exact) mass is 374 g/mol. The van der Waals surface area contributed by atoms with E-state index in [2.05, 4.69) is 11.9 Å². The first-order chi connectivity index (χ1) is 13.0. The molecule has 2 aliphatic rings. The topological polar surface area (TPSA) is 75.7 Å². The lowest BCUT2D eigenvalue weighted by atomic mass is 10.1. The van der Waals surface area contributed by atoms with E-state index in [4.69, 9.17) is 4.74 Å². The van der Waals surface area contributed by atoms with Crippen LogP contribution in [-0.2, 0) is 19.1 Å². The van der Waals surface area contributed by atoms with Crippen molar-refractivity contribution in [1.29, 1.82) is 0 Å². The summed E-state index contributed by atoms with van der Waals surface area (Å²) < 4.78 is 5.21. The summed E-state index contributed by atoms with van der Waals surface area (Å²) in [5.41, 5.74) is 1.51. The molecule has 0 radical (unpaired) electrons. The number of nitrogens with zero attached hydrogens (tertiary/aromatic N) is 1. The molecule has 0 aromatic rings. The molecule has 0 aromatic carbocycles. The van der Waals surface area contributed by atoms with Crippen molar-refractivity contribution in [3.63, 3.8) is 0 Å². The van der Waals surface area contributed by atoms with Gasteiger partial charge in [0.15, 0.2) is 0 Å². The van der Waals surface area contributed by atoms with Gasteiger partial charge in [-0.15, -0.1) is 0 Å². The lowest BCUT2D eigenvalue weighted by Crippen LogP contribution is -2.42. The maximum atomic E-state index is 12.2. The molecular formula is C21H30N2O4. The van der Waals surface area contributed by atoms with E-state index in [0.29, 0.717) is 44.0 Å². The second kappa shape index (κ2) is 10.7. The molecule has 0 spiro atoms. The highest BCUT2D eigenvalue weighted by atomic mass is 16.5. The van der Waals surface area contributed by atoms with Crippen LogP contribution in [0.3, 0.4) is 0 Å². The quantitative estimate of drug-likeness (QED) is 0.261. The molecule has 27 heavy (non-hydrogen) atoms. The summed E-state index contributed by atoms with van der Waals surface area (Å²) in [6.07, 6.45) is 11.6. The first-order valence-corrected chi connectivity index (χ1v) is 9.70. The lowest BCUT2D eigenvalue weighted by Gasteiger charge is -2.19. The van der Waals surface area contributed by atoms with Crippen molar-refractivity contribution in [2.24, 2.45) is 5.92 Å². The number of allylic oxidation sites excluding steroid dienone is 3. The molecule has 6 heteroatoms. The van der Waals surface area contributed by atoms with Gasteiger partial charge in [-0.05, 0) is 51.4 Å². The summed E-state index contributed by atoms with van der Waals surface area (Å²) in [6, 6.07) is -0.336. The third-order valence-corrected chi connectivity index (χ3v) is 4.95. The Morgan fingerprint density at radius 2 is 2.07 bits per heavy atom. The number of likely N-dealkylation sites (tertiary alicyclic amines) is 1. The Labute approximate surface area is 161 Å². The van der Waals surface area contributed by atoms with E-state index in [9.17, 15) is 14.4 Å². The Morgan fingerprint density at radius 1 is 1.30 bits per heavy atom. The zero-order chi connectivity index (χ0) is 19.6. The van der Waals surface area contributed by atoms with E-state index in [-0.39, 0.29) is 17.9 Å². The first-order valence-electron chi connectivity index (χ1n) is 9.70. The van der Waals surface area contributed by atoms with Gasteiger partial charge in [0.2, 0.25) is 12.3 Å². The Morgan fingerprint density at radius 3 is 2.74 bits per heavy atom. The van der Waals surface area contributed by atoms with Gasteiger partial charge in [-0.2, -0.15) is 0 Å². The fraction of sp³-hybridized carbons (Fsp3) is 0.571. The first kappa shape index (κ1) is 20.9. The number of hydrogen-bond acceptors (Lipinski definition) is 4. The minimum atomic E-state index is -0.336. The van der Waals surface area contributed by atoms with Gasteiger partial charge in [-0.1, -0.05) is 30.4 Å². The van der Waals surface area contributed by atoms with Gasteiger partial charge in [0.25, 0.3) is 0 Å². The van der Waals surface area contributed by atoms with Gasteiger partial charge in [0.1, 0.15) is 6.04 Å². The molecule has 1 atom stereocenters. The number of nitrogens with one attached hydrogen (secondary N) is 1. The van der Waals surface area contributed by atoms with Crippen LogP contribution in [0.5, 0.6) is 0 Å². The summed E-state index contributed by atoms with van der Waals surface area (Å²) >= 11 is 0. The number of esters is 1. The molecular weight excluding hydrogens is 344 g/mol. The second-order valence-electron chi connectivity index (χ2n) is 7.16. The van der Waals surface area contributed by atoms with Crippen LogP contribution < -0.4 is 5.32 Å². The van der Waals surface area contributed by atoms with Crippen molar-refractivity contribution in [2.45, 2.75) is 51.5 Å². The van der Waals surface area contributed by atoms with Crippen molar-refractivity contribution in [3.05, 3.63) is 36.0 Å². The standard InChI is InChI=1S/C21H30N2O4/c1-3-17(7-4-6-16(2)21(26)27-14-18-9-10-18)11-12-22-20(25)19-8-5-13-23(19)15-24/h3-4,7,15,18-19H,2,5-6,8-14H2,1H3,(H,22,25)/b7-4-,17-3+. The highest BCUT2D eigenvalue weighted by Crippen LogP contribution is 2.29. The van der Waals surface area contributed by atoms with Gasteiger partial charge >= 0.3 is 5.97 Å². The number of ether oxygens (including phenoxy) is 1. The molecule has 1 saturated carbocycles. The fourth-order valence-corrected chi connectivity index (χ4v) is 2.98. The van der Waals surface area contributed by atoms with Crippen molar-refractivity contribution in [1.82, 2.24) is 10.2 Å². The summed E-state index contributed by atoms with van der Waals surface area (Å²) in [6.45, 7) is 7.39. The largest absolute Gasteiger partial charge is 0.462 e. The fourth-order valence-electron chi connectivity index (χ4n) is 2.98. The Hall–Kier alpha value is -2.37. The third-order valence-electron chi connectivity index (χ3n) is 4.95. The number of carbonyl (C=O) groups excluding carboxylic acids is 3. The van der Waals surface area contributed by atoms with Gasteiger partial charge < -0.3 is 15.0 Å². The zero-order valence-corrected chi connectivity index (χ0v) is 16.1. The predicted octanol–water partition coefficient (Wildman–Crippen LogP) is 2.52. The van der Waals surface area contributed by atoms with Crippen LogP contribution in [-0.4, -0.2) is 48.9 Å². The van der Waals surface area contributed by atoms with Crippen LogP contribution in [0.25, 0.3) is 0 Å². The SMILES string of the molecule is C=C(C/C=C\C(=C/C)CCNC(=O)C1CCCN1C=O)C(=O)OCC1CC1. The van der Waals surface area contributed by atoms with Crippen molar-refractivity contribution < 1.29 is 19.1 Å². The molecule has 2 rings (SSSR count). The Kier molecular flexibility index (Phi) is 8.30. The van der Waals surface area contributed by atoms with Gasteiger partial charge in [-0.25, -0.2) is 4.79 Å². The molecule has 1 N–H and O–H groups in total. The van der Waals surface area contributed by atoms with Crippen molar-refractivity contribution >= 4 is 18.3 Å². The normalized spacial score (nSPS) is 20.0. The van der Waals surface area contributed by atoms with E-state index in [0.717, 1.165) is 37.7 Å². The number of rotatable bonds is 11. The molecule has 1 unspecified atom stereocenters. The molecule has 1 aliphatic heterocycles. The van der Waals surface area contributed by atoms with Crippen molar-refractivity contribution in [3.8, 4) is 0 Å². The summed E-state index contributed by atoms with van der Waals surface area (Å²) in [4.78, 5) is 36.5. The smallest absolute Gasteiger partial charge is 0.333 e. The highest BCUT2D eigenvalue weighted by molar-refractivity contribution is 5.88. The average Bonchev–Trinajstić information content (AvgIpc) is 3.38. The molecule has 1 heterocycles. The zero-order valence-electron chi connectivity index (χ0n) is 16.1. The second-order valence-corrected chi connectivity index (χ2v) is 7.16. The highest BCUT2D eigenvalue weighted by Gasteiger charge is 2.29. The summed E-state index contributed by atoms with van der Waals surface area (Å²) in [5.74, 6) is 0.132. The van der Waals surface area contributed by atoms with E-state index >= 15 is 0 Å². The van der Waals surface area contributed by atoms with Crippen LogP contribution in [0.4, 0.5) is 0 Å². The number of carbonyl (C=O) groups is 3. The summed E-state index contributed by atoms with van der Waals surface area (Å²) in [7, 11) is 0. The van der Waals surface area contributed by atoms with E-state index in [1.165, 1.54) is 0 Å². The minimum absolute atomic E-state index is 0.0918. The lowest BCUT2D eigenvalue weighted by molar-refractivity contribution is -0.139. The maximum Gasteiger partial charge on any atom is 0.333 e. The van der Waals surface area contributed by atoms with E-state index in [1.807, 2.05) is 25.2 Å². The van der Waals surface area contributed by atoms with Crippen LogP contribution >= 0.6 is 0 Å². The van der Waals surface area contributed by atoms with Crippen LogP contribution in [0.2, 0.25) is 0 Å². The molecule has 1 saturated heterocycles. The molecule has 148 valence electrons. The van der Waals surface area contributed by atoms with Gasteiger partial charge in [0.05, 0.1) is 6.61 Å². The molecule has 1 aliphatic carbocycles. The number of amides is 2. The van der Waals surface area contributed by atoms with E-state index < -0.39 is 0 Å². The summed E-state index contributed by atoms with van der Waals surface area (Å²) in [5, 5.41) is 2.90. The molecule has 0 aromatic heterocycles. The molecule has 2 amide bonds. The van der Waals surface area contributed by atoms with E-state index in [1.54, 1.807) is 4.90 Å². The predicted molar refractivity (Wildman–Crippen MR) is 104 cm³/mol. The molecule has 2 fully saturated rings.